The first-order valence-electron chi connectivity index (χ1n) is 11.0. The van der Waals surface area contributed by atoms with Gasteiger partial charge in [-0.1, -0.05) is 13.8 Å². The topological polar surface area (TPSA) is 108 Å². The number of hydrogen-bond acceptors (Lipinski definition) is 9. The van der Waals surface area contributed by atoms with E-state index in [9.17, 15) is 5.11 Å². The number of ether oxygens (including phenoxy) is 1. The number of likely N-dealkylation sites (N-methyl/N-ethyl adjacent to an activating group) is 1. The van der Waals surface area contributed by atoms with Crippen molar-refractivity contribution in [1.82, 2.24) is 24.8 Å². The first-order chi connectivity index (χ1) is 15.4. The van der Waals surface area contributed by atoms with E-state index in [4.69, 9.17) is 14.7 Å². The molecule has 4 heterocycles. The quantitative estimate of drug-likeness (QED) is 0.490. The lowest BCUT2D eigenvalue weighted by atomic mass is 9.95. The van der Waals surface area contributed by atoms with E-state index in [1.54, 1.807) is 12.4 Å². The number of aliphatic hydroxyl groups is 1. The molecule has 32 heavy (non-hydrogen) atoms. The maximum Gasteiger partial charge on any atom is 0.238 e. The fourth-order valence-electron chi connectivity index (χ4n) is 3.58. The lowest BCUT2D eigenvalue weighted by Crippen LogP contribution is -2.27. The summed E-state index contributed by atoms with van der Waals surface area (Å²) in [6.07, 6.45) is 4.41. The molecule has 0 radical (unpaired) electrons. The molecule has 3 aromatic heterocycles. The van der Waals surface area contributed by atoms with Crippen molar-refractivity contribution < 1.29 is 9.84 Å². The van der Waals surface area contributed by atoms with Crippen molar-refractivity contribution in [3.05, 3.63) is 35.8 Å². The van der Waals surface area contributed by atoms with Gasteiger partial charge in [0.05, 0.1) is 12.3 Å². The van der Waals surface area contributed by atoms with Gasteiger partial charge in [-0.2, -0.15) is 0 Å². The van der Waals surface area contributed by atoms with E-state index in [0.29, 0.717) is 36.3 Å². The molecule has 0 unspecified atom stereocenters. The first kappa shape index (κ1) is 22.2. The minimum Gasteiger partial charge on any atom is -0.476 e. The summed E-state index contributed by atoms with van der Waals surface area (Å²) in [5, 5.41) is 17.0. The molecule has 0 fully saturated rings. The van der Waals surface area contributed by atoms with Crippen LogP contribution in [0.3, 0.4) is 0 Å². The highest BCUT2D eigenvalue weighted by Crippen LogP contribution is 2.31. The van der Waals surface area contributed by atoms with E-state index in [1.807, 2.05) is 26.8 Å². The molecule has 1 aliphatic rings. The van der Waals surface area contributed by atoms with Crippen molar-refractivity contribution in [3.8, 4) is 5.88 Å². The van der Waals surface area contributed by atoms with Crippen molar-refractivity contribution in [1.29, 1.82) is 0 Å². The Morgan fingerprint density at radius 2 is 2.09 bits per heavy atom. The fraction of sp³-hybridized carbons (Fsp3) is 0.478. The van der Waals surface area contributed by atoms with Crippen LogP contribution in [0.25, 0.3) is 10.9 Å². The Hall–Kier alpha value is -3.04. The second kappa shape index (κ2) is 9.22. The molecule has 0 saturated carbocycles. The van der Waals surface area contributed by atoms with Crippen molar-refractivity contribution in [2.45, 2.75) is 33.7 Å². The number of nitrogens with zero attached hydrogens (tertiary/aromatic N) is 5. The lowest BCUT2D eigenvalue weighted by Gasteiger charge is -2.25. The summed E-state index contributed by atoms with van der Waals surface area (Å²) in [7, 11) is 2.11. The van der Waals surface area contributed by atoms with Crippen LogP contribution in [0.1, 0.15) is 32.0 Å². The number of rotatable bonds is 8. The third-order valence-electron chi connectivity index (χ3n) is 5.52. The smallest absolute Gasteiger partial charge is 0.238 e. The van der Waals surface area contributed by atoms with Gasteiger partial charge in [0.2, 0.25) is 11.8 Å². The highest BCUT2D eigenvalue weighted by atomic mass is 16.5. The van der Waals surface area contributed by atoms with E-state index in [1.165, 1.54) is 5.56 Å². The second-order valence-corrected chi connectivity index (χ2v) is 8.96. The number of aromatic nitrogens is 4. The minimum atomic E-state index is -0.272. The normalized spacial score (nSPS) is 14.3. The van der Waals surface area contributed by atoms with E-state index in [0.717, 1.165) is 36.3 Å². The van der Waals surface area contributed by atoms with Crippen LogP contribution in [0.2, 0.25) is 0 Å². The van der Waals surface area contributed by atoms with Crippen LogP contribution in [0.15, 0.2) is 24.5 Å². The van der Waals surface area contributed by atoms with Crippen LogP contribution >= 0.6 is 0 Å². The van der Waals surface area contributed by atoms with Gasteiger partial charge in [0.25, 0.3) is 0 Å². The van der Waals surface area contributed by atoms with E-state index >= 15 is 0 Å². The third-order valence-corrected chi connectivity index (χ3v) is 5.52. The maximum absolute atomic E-state index is 9.55. The molecule has 170 valence electrons. The van der Waals surface area contributed by atoms with Gasteiger partial charge < -0.3 is 25.4 Å². The van der Waals surface area contributed by atoms with Crippen LogP contribution in [0.4, 0.5) is 17.5 Å². The van der Waals surface area contributed by atoms with Crippen LogP contribution in [0, 0.1) is 5.41 Å². The molecule has 0 aliphatic carbocycles. The average Bonchev–Trinajstić information content (AvgIpc) is 2.78. The summed E-state index contributed by atoms with van der Waals surface area (Å²) < 4.78 is 5.81. The zero-order chi connectivity index (χ0) is 22.7. The molecule has 0 atom stereocenters. The molecule has 4 rings (SSSR count). The van der Waals surface area contributed by atoms with Gasteiger partial charge in [-0.3, -0.25) is 0 Å². The fourth-order valence-corrected chi connectivity index (χ4v) is 3.58. The van der Waals surface area contributed by atoms with Gasteiger partial charge in [-0.15, -0.1) is 0 Å². The molecule has 3 aromatic rings. The van der Waals surface area contributed by atoms with Crippen molar-refractivity contribution >= 4 is 28.4 Å². The van der Waals surface area contributed by atoms with Gasteiger partial charge in [-0.25, -0.2) is 19.9 Å². The molecule has 9 heteroatoms. The number of nitrogens with one attached hydrogen (secondary N) is 2. The van der Waals surface area contributed by atoms with Gasteiger partial charge in [0, 0.05) is 55.9 Å². The van der Waals surface area contributed by atoms with Gasteiger partial charge in [-0.05, 0) is 31.7 Å². The van der Waals surface area contributed by atoms with Crippen molar-refractivity contribution in [2.24, 2.45) is 5.41 Å². The molecule has 3 N–H and O–H groups in total. The predicted molar refractivity (Wildman–Crippen MR) is 125 cm³/mol. The lowest BCUT2D eigenvalue weighted by molar-refractivity contribution is 0.171. The zero-order valence-corrected chi connectivity index (χ0v) is 19.1. The summed E-state index contributed by atoms with van der Waals surface area (Å²) in [5.41, 5.74) is 3.45. The molecular weight excluding hydrogens is 406 g/mol. The van der Waals surface area contributed by atoms with Crippen LogP contribution in [-0.2, 0) is 13.0 Å². The Morgan fingerprint density at radius 3 is 2.88 bits per heavy atom. The highest BCUT2D eigenvalue weighted by molar-refractivity contribution is 5.88. The number of aliphatic hydroxyl groups excluding tert-OH is 1. The number of pyridine rings is 2. The summed E-state index contributed by atoms with van der Waals surface area (Å²) in [4.78, 5) is 20.7. The monoisotopic (exact) mass is 437 g/mol. The number of anilines is 3. The van der Waals surface area contributed by atoms with Crippen molar-refractivity contribution in [2.75, 3.05) is 44.0 Å². The Morgan fingerprint density at radius 1 is 1.25 bits per heavy atom. The maximum atomic E-state index is 9.55. The minimum absolute atomic E-state index is 0.0767. The summed E-state index contributed by atoms with van der Waals surface area (Å²) in [5.74, 6) is 1.67. The highest BCUT2D eigenvalue weighted by Gasteiger charge is 2.20. The standard InChI is InChI=1S/C23H31N7O2/c1-5-32-21-18(10-16-12-30(4)9-7-17(16)27-21)28-22-25-11-15-6-8-24-20(19(15)29-22)26-13-23(2,3)14-31/h6,8,10-11,31H,5,7,9,12-14H2,1-4H3,(H,24,26)(H,25,28,29). The number of hydrogen-bond donors (Lipinski definition) is 3. The molecule has 0 bridgehead atoms. The van der Waals surface area contributed by atoms with Gasteiger partial charge in [0.1, 0.15) is 11.2 Å². The Labute approximate surface area is 188 Å². The molecule has 9 nitrogen and oxygen atoms in total. The zero-order valence-electron chi connectivity index (χ0n) is 19.1. The molecule has 0 amide bonds. The van der Waals surface area contributed by atoms with Crippen LogP contribution in [-0.4, -0.2) is 63.3 Å². The molecular formula is C23H31N7O2. The Balaban J connectivity index is 1.65. The largest absolute Gasteiger partial charge is 0.476 e. The van der Waals surface area contributed by atoms with E-state index in [2.05, 4.69) is 38.6 Å². The SMILES string of the molecule is CCOc1nc2c(cc1Nc1ncc3ccnc(NCC(C)(C)CO)c3n1)CN(C)CC2. The van der Waals surface area contributed by atoms with Gasteiger partial charge in [0.15, 0.2) is 5.82 Å². The summed E-state index contributed by atoms with van der Waals surface area (Å²) in [6.45, 7) is 8.93. The van der Waals surface area contributed by atoms with Crippen LogP contribution < -0.4 is 15.4 Å². The van der Waals surface area contributed by atoms with Crippen molar-refractivity contribution in [3.63, 3.8) is 0 Å². The molecule has 1 aliphatic heterocycles. The summed E-state index contributed by atoms with van der Waals surface area (Å²) in [6, 6.07) is 3.96. The molecule has 0 aromatic carbocycles. The molecule has 0 saturated heterocycles. The van der Waals surface area contributed by atoms with E-state index in [-0.39, 0.29) is 12.0 Å². The summed E-state index contributed by atoms with van der Waals surface area (Å²) >= 11 is 0. The first-order valence-corrected chi connectivity index (χ1v) is 11.0. The second-order valence-electron chi connectivity index (χ2n) is 8.96. The average molecular weight is 438 g/mol. The number of fused-ring (bicyclic) bond motifs is 2. The Bertz CT molecular complexity index is 1100. The predicted octanol–water partition coefficient (Wildman–Crippen LogP) is 2.98. The van der Waals surface area contributed by atoms with Crippen LogP contribution in [0.5, 0.6) is 5.88 Å². The van der Waals surface area contributed by atoms with E-state index < -0.39 is 0 Å². The molecule has 0 spiro atoms. The third kappa shape index (κ3) is 4.89. The van der Waals surface area contributed by atoms with Gasteiger partial charge >= 0.3 is 0 Å². The Kier molecular flexibility index (Phi) is 6.38.